The highest BCUT2D eigenvalue weighted by molar-refractivity contribution is 5.60. The van der Waals surface area contributed by atoms with Crippen molar-refractivity contribution < 1.29 is 14.2 Å². The first-order valence-corrected chi connectivity index (χ1v) is 10.9. The van der Waals surface area contributed by atoms with Gasteiger partial charge in [-0.25, -0.2) is 0 Å². The lowest BCUT2D eigenvalue weighted by Gasteiger charge is -2.31. The van der Waals surface area contributed by atoms with E-state index in [2.05, 4.69) is 43.2 Å². The normalized spacial score (nSPS) is 14.3. The summed E-state index contributed by atoms with van der Waals surface area (Å²) in [5, 5.41) is 12.5. The summed E-state index contributed by atoms with van der Waals surface area (Å²) in [5.74, 6) is 0.751. The van der Waals surface area contributed by atoms with Crippen LogP contribution in [0.4, 0.5) is 11.6 Å². The number of rotatable bonds is 10. The summed E-state index contributed by atoms with van der Waals surface area (Å²) in [5.41, 5.74) is 2.25. The highest BCUT2D eigenvalue weighted by Gasteiger charge is 2.15. The van der Waals surface area contributed by atoms with Gasteiger partial charge in [-0.3, -0.25) is 4.90 Å². The minimum absolute atomic E-state index is 0.149. The molecule has 2 heterocycles. The molecule has 0 bridgehead atoms. The number of nitrogens with one attached hydrogen (secondary N) is 1. The Labute approximate surface area is 194 Å². The van der Waals surface area contributed by atoms with Gasteiger partial charge in [0, 0.05) is 44.5 Å². The minimum atomic E-state index is 0.149. The van der Waals surface area contributed by atoms with E-state index >= 15 is 0 Å². The minimum Gasteiger partial charge on any atom is -0.488 e. The molecule has 1 aliphatic rings. The lowest BCUT2D eigenvalue weighted by molar-refractivity contribution is 0.130. The van der Waals surface area contributed by atoms with Crippen molar-refractivity contribution in [2.45, 2.75) is 13.8 Å². The molecule has 2 aromatic rings. The van der Waals surface area contributed by atoms with Crippen LogP contribution in [0.5, 0.6) is 17.8 Å². The molecule has 0 radical (unpaired) electrons. The second kappa shape index (κ2) is 12.0. The van der Waals surface area contributed by atoms with Gasteiger partial charge in [0.25, 0.3) is 0 Å². The number of hydrogen-bond acceptors (Lipinski definition) is 10. The second-order valence-electron chi connectivity index (χ2n) is 7.96. The third-order valence-corrected chi connectivity index (χ3v) is 5.10. The van der Waals surface area contributed by atoms with Gasteiger partial charge in [0.15, 0.2) is 0 Å². The fourth-order valence-corrected chi connectivity index (χ4v) is 3.13. The molecular weight excluding hydrogens is 422 g/mol. The van der Waals surface area contributed by atoms with Crippen molar-refractivity contribution in [2.24, 2.45) is 0 Å². The maximum atomic E-state index is 9.36. The largest absolute Gasteiger partial charge is 0.488 e. The molecule has 1 fully saturated rings. The number of nitriles is 1. The number of nitrogens with zero attached hydrogens (tertiary/aromatic N) is 6. The van der Waals surface area contributed by atoms with Gasteiger partial charge in [-0.2, -0.15) is 15.2 Å². The lowest BCUT2D eigenvalue weighted by atomic mass is 10.2. The number of anilines is 2. The van der Waals surface area contributed by atoms with Crippen molar-refractivity contribution in [3.8, 4) is 23.8 Å². The molecule has 1 aliphatic heterocycles. The van der Waals surface area contributed by atoms with Crippen LogP contribution in [0.3, 0.4) is 0 Å². The Kier molecular flexibility index (Phi) is 8.80. The molecule has 1 saturated heterocycles. The molecule has 0 unspecified atom stereocenters. The zero-order valence-electron chi connectivity index (χ0n) is 19.7. The molecule has 0 aliphatic carbocycles. The van der Waals surface area contributed by atoms with Gasteiger partial charge in [0.05, 0.1) is 12.7 Å². The summed E-state index contributed by atoms with van der Waals surface area (Å²) in [6.07, 6.45) is 1.95. The van der Waals surface area contributed by atoms with Crippen molar-refractivity contribution in [1.29, 1.82) is 5.26 Å². The summed E-state index contributed by atoms with van der Waals surface area (Å²) >= 11 is 0. The van der Waals surface area contributed by atoms with Crippen LogP contribution >= 0.6 is 0 Å². The topological polar surface area (TPSA) is 109 Å². The molecule has 0 saturated carbocycles. The van der Waals surface area contributed by atoms with Crippen LogP contribution in [0.15, 0.2) is 29.8 Å². The van der Waals surface area contributed by atoms with Crippen molar-refractivity contribution in [3.05, 3.63) is 35.4 Å². The van der Waals surface area contributed by atoms with Gasteiger partial charge in [-0.1, -0.05) is 5.57 Å². The van der Waals surface area contributed by atoms with E-state index in [1.54, 1.807) is 18.2 Å². The molecule has 1 N–H and O–H groups in total. The zero-order valence-corrected chi connectivity index (χ0v) is 19.7. The number of allylic oxidation sites excluding steroid dienone is 1. The van der Waals surface area contributed by atoms with Crippen LogP contribution < -0.4 is 19.5 Å². The molecule has 176 valence electrons. The third-order valence-electron chi connectivity index (χ3n) is 5.10. The van der Waals surface area contributed by atoms with E-state index in [1.807, 2.05) is 19.9 Å². The first-order valence-electron chi connectivity index (χ1n) is 10.9. The van der Waals surface area contributed by atoms with E-state index in [-0.39, 0.29) is 18.0 Å². The molecule has 10 nitrogen and oxygen atoms in total. The Morgan fingerprint density at radius 2 is 1.88 bits per heavy atom. The monoisotopic (exact) mass is 453 g/mol. The van der Waals surface area contributed by atoms with E-state index in [1.165, 1.54) is 7.11 Å². The smallest absolute Gasteiger partial charge is 0.324 e. The lowest BCUT2D eigenvalue weighted by Crippen LogP contribution is -2.45. The fraction of sp³-hybridized carbons (Fsp3) is 0.478. The number of methoxy groups -OCH3 is 1. The number of benzene rings is 1. The maximum absolute atomic E-state index is 9.36. The average molecular weight is 454 g/mol. The third kappa shape index (κ3) is 7.59. The van der Waals surface area contributed by atoms with Crippen LogP contribution in [0, 0.1) is 11.3 Å². The molecule has 0 amide bonds. The Balaban J connectivity index is 1.66. The molecule has 0 spiro atoms. The predicted molar refractivity (Wildman–Crippen MR) is 125 cm³/mol. The summed E-state index contributed by atoms with van der Waals surface area (Å²) in [4.78, 5) is 17.4. The molecule has 1 aromatic carbocycles. The summed E-state index contributed by atoms with van der Waals surface area (Å²) in [7, 11) is 3.62. The molecule has 1 aromatic heterocycles. The Morgan fingerprint density at radius 3 is 2.58 bits per heavy atom. The predicted octanol–water partition coefficient (Wildman–Crippen LogP) is 2.47. The van der Waals surface area contributed by atoms with Crippen LogP contribution in [0.2, 0.25) is 0 Å². The number of aromatic nitrogens is 3. The quantitative estimate of drug-likeness (QED) is 0.539. The van der Waals surface area contributed by atoms with Gasteiger partial charge < -0.3 is 24.4 Å². The van der Waals surface area contributed by atoms with E-state index in [0.29, 0.717) is 30.2 Å². The second-order valence-corrected chi connectivity index (χ2v) is 7.96. The van der Waals surface area contributed by atoms with Gasteiger partial charge in [-0.15, -0.1) is 4.98 Å². The number of hydrogen-bond donors (Lipinski definition) is 1. The Bertz CT molecular complexity index is 994. The first kappa shape index (κ1) is 24.2. The van der Waals surface area contributed by atoms with Crippen molar-refractivity contribution in [2.75, 3.05) is 65.4 Å². The number of likely N-dealkylation sites (N-methyl/N-ethyl adjacent to an activating group) is 1. The van der Waals surface area contributed by atoms with Crippen LogP contribution in [0.25, 0.3) is 0 Å². The standard InChI is InChI=1S/C23H31N7O3/c1-17(2)7-13-32-20-15-19(6-5-18(20)16-24)25-21-26-22(31-4)28-23(27-21)33-14-12-30-10-8-29(3)9-11-30/h5-7,15H,8-14H2,1-4H3,(H,25,26,27,28). The highest BCUT2D eigenvalue weighted by atomic mass is 16.5. The van der Waals surface area contributed by atoms with Crippen molar-refractivity contribution in [3.63, 3.8) is 0 Å². The number of piperazine rings is 1. The van der Waals surface area contributed by atoms with E-state index in [9.17, 15) is 5.26 Å². The molecule has 33 heavy (non-hydrogen) atoms. The highest BCUT2D eigenvalue weighted by Crippen LogP contribution is 2.25. The van der Waals surface area contributed by atoms with E-state index in [4.69, 9.17) is 14.2 Å². The first-order chi connectivity index (χ1) is 16.0. The van der Waals surface area contributed by atoms with Gasteiger partial charge in [0.1, 0.15) is 25.0 Å². The maximum Gasteiger partial charge on any atom is 0.324 e. The van der Waals surface area contributed by atoms with Gasteiger partial charge in [-0.05, 0) is 39.1 Å². The van der Waals surface area contributed by atoms with Gasteiger partial charge >= 0.3 is 12.0 Å². The summed E-state index contributed by atoms with van der Waals surface area (Å²) in [6.45, 7) is 9.77. The van der Waals surface area contributed by atoms with Crippen molar-refractivity contribution >= 4 is 11.6 Å². The van der Waals surface area contributed by atoms with Crippen LogP contribution in [-0.2, 0) is 0 Å². The summed E-state index contributed by atoms with van der Waals surface area (Å²) in [6, 6.07) is 7.66. The van der Waals surface area contributed by atoms with Crippen LogP contribution in [0.1, 0.15) is 19.4 Å². The molecule has 0 atom stereocenters. The van der Waals surface area contributed by atoms with Crippen LogP contribution in [-0.4, -0.2) is 84.8 Å². The molecule has 3 rings (SSSR count). The average Bonchev–Trinajstić information content (AvgIpc) is 2.80. The SMILES string of the molecule is COc1nc(Nc2ccc(C#N)c(OCC=C(C)C)c2)nc(OCCN2CCN(C)CC2)n1. The van der Waals surface area contributed by atoms with Crippen molar-refractivity contribution in [1.82, 2.24) is 24.8 Å². The number of ether oxygens (including phenoxy) is 3. The zero-order chi connectivity index (χ0) is 23.6. The Morgan fingerprint density at radius 1 is 1.12 bits per heavy atom. The molecule has 10 heteroatoms. The Hall–Kier alpha value is -3.42. The fourth-order valence-electron chi connectivity index (χ4n) is 3.13. The molecular formula is C23H31N7O3. The van der Waals surface area contributed by atoms with E-state index in [0.717, 1.165) is 38.3 Å². The van der Waals surface area contributed by atoms with E-state index < -0.39 is 0 Å². The van der Waals surface area contributed by atoms with Gasteiger partial charge in [0.2, 0.25) is 5.95 Å². The summed E-state index contributed by atoms with van der Waals surface area (Å²) < 4.78 is 16.7.